The standard InChI is InChI=1S/C24H29N3OS/c1-3-8-20-19-10-5-6-11-22(19)29-23-13-12-17(15-21(23)26-20)24(28)25-16-18-9-7-14-27(18)4-2/h5-6,10-13,15,18H,3-4,7-9,14,16H2,1-2H3,(H,25,28). The molecule has 1 fully saturated rings. The number of amides is 1. The lowest BCUT2D eigenvalue weighted by atomic mass is 10.1. The molecule has 5 heteroatoms. The van der Waals surface area contributed by atoms with Gasteiger partial charge in [0.25, 0.3) is 5.91 Å². The molecule has 0 bridgehead atoms. The summed E-state index contributed by atoms with van der Waals surface area (Å²) in [5.74, 6) is -0.00486. The summed E-state index contributed by atoms with van der Waals surface area (Å²) in [6, 6.07) is 14.8. The van der Waals surface area contributed by atoms with Crippen molar-refractivity contribution in [3.05, 3.63) is 53.6 Å². The van der Waals surface area contributed by atoms with Crippen LogP contribution in [0.2, 0.25) is 0 Å². The van der Waals surface area contributed by atoms with E-state index in [9.17, 15) is 4.79 Å². The molecule has 1 atom stereocenters. The third-order valence-corrected chi connectivity index (χ3v) is 6.93. The average Bonchev–Trinajstić information content (AvgIpc) is 3.14. The van der Waals surface area contributed by atoms with Crippen LogP contribution >= 0.6 is 11.8 Å². The summed E-state index contributed by atoms with van der Waals surface area (Å²) >= 11 is 1.74. The van der Waals surface area contributed by atoms with Crippen LogP contribution in [0.3, 0.4) is 0 Å². The van der Waals surface area contributed by atoms with Crippen molar-refractivity contribution in [2.24, 2.45) is 4.99 Å². The van der Waals surface area contributed by atoms with Crippen LogP contribution in [0.4, 0.5) is 5.69 Å². The number of benzene rings is 2. The molecule has 0 spiro atoms. The summed E-state index contributed by atoms with van der Waals surface area (Å²) in [7, 11) is 0. The van der Waals surface area contributed by atoms with Crippen molar-refractivity contribution in [2.75, 3.05) is 19.6 Å². The fraction of sp³-hybridized carbons (Fsp3) is 0.417. The molecule has 2 aromatic carbocycles. The number of nitrogens with zero attached hydrogens (tertiary/aromatic N) is 2. The third kappa shape index (κ3) is 4.41. The number of likely N-dealkylation sites (N-methyl/N-ethyl adjacent to an activating group) is 1. The van der Waals surface area contributed by atoms with Crippen LogP contribution in [0.15, 0.2) is 57.2 Å². The van der Waals surface area contributed by atoms with E-state index in [-0.39, 0.29) is 5.91 Å². The number of fused-ring (bicyclic) bond motifs is 2. The Balaban J connectivity index is 1.55. The zero-order valence-electron chi connectivity index (χ0n) is 17.3. The number of carbonyl (C=O) groups excluding carboxylic acids is 1. The second-order valence-electron chi connectivity index (χ2n) is 7.72. The van der Waals surface area contributed by atoms with Gasteiger partial charge in [0.2, 0.25) is 0 Å². The maximum absolute atomic E-state index is 12.8. The topological polar surface area (TPSA) is 44.7 Å². The lowest BCUT2D eigenvalue weighted by molar-refractivity contribution is 0.0941. The summed E-state index contributed by atoms with van der Waals surface area (Å²) in [6.07, 6.45) is 4.36. The van der Waals surface area contributed by atoms with Gasteiger partial charge in [0.1, 0.15) is 0 Å². The van der Waals surface area contributed by atoms with Crippen LogP contribution in [-0.4, -0.2) is 42.2 Å². The number of hydrogen-bond donors (Lipinski definition) is 1. The molecule has 1 amide bonds. The molecular formula is C24H29N3OS. The molecule has 0 saturated carbocycles. The first kappa shape index (κ1) is 20.2. The zero-order chi connectivity index (χ0) is 20.2. The lowest BCUT2D eigenvalue weighted by Gasteiger charge is -2.22. The van der Waals surface area contributed by atoms with Crippen molar-refractivity contribution >= 4 is 29.1 Å². The predicted molar refractivity (Wildman–Crippen MR) is 121 cm³/mol. The molecule has 1 N–H and O–H groups in total. The second kappa shape index (κ2) is 9.14. The Hall–Kier alpha value is -2.11. The molecule has 29 heavy (non-hydrogen) atoms. The van der Waals surface area contributed by atoms with Gasteiger partial charge in [-0.25, -0.2) is 0 Å². The number of likely N-dealkylation sites (tertiary alicyclic amines) is 1. The summed E-state index contributed by atoms with van der Waals surface area (Å²) in [6.45, 7) is 7.27. The van der Waals surface area contributed by atoms with Crippen molar-refractivity contribution in [2.45, 2.75) is 55.4 Å². The van der Waals surface area contributed by atoms with Gasteiger partial charge in [-0.15, -0.1) is 0 Å². The third-order valence-electron chi connectivity index (χ3n) is 5.78. The number of hydrogen-bond acceptors (Lipinski definition) is 4. The molecule has 152 valence electrons. The summed E-state index contributed by atoms with van der Waals surface area (Å²) in [4.78, 5) is 22.6. The van der Waals surface area contributed by atoms with Crippen LogP contribution in [0.25, 0.3) is 0 Å². The SMILES string of the molecule is CCCC1=Nc2cc(C(=O)NCC3CCCN3CC)ccc2Sc2ccccc21. The molecule has 2 heterocycles. The van der Waals surface area contributed by atoms with Crippen molar-refractivity contribution < 1.29 is 4.79 Å². The van der Waals surface area contributed by atoms with E-state index in [1.54, 1.807) is 11.8 Å². The van der Waals surface area contributed by atoms with Gasteiger partial charge in [-0.2, -0.15) is 0 Å². The van der Waals surface area contributed by atoms with Crippen LogP contribution in [0.1, 0.15) is 55.5 Å². The van der Waals surface area contributed by atoms with Gasteiger partial charge in [0.05, 0.1) is 5.69 Å². The quantitative estimate of drug-likeness (QED) is 0.708. The van der Waals surface area contributed by atoms with Gasteiger partial charge in [0, 0.05) is 39.2 Å². The first-order chi connectivity index (χ1) is 14.2. The normalized spacial score (nSPS) is 18.6. The molecule has 0 aliphatic carbocycles. The molecule has 1 saturated heterocycles. The summed E-state index contributed by atoms with van der Waals surface area (Å²) < 4.78 is 0. The van der Waals surface area contributed by atoms with E-state index in [0.29, 0.717) is 18.2 Å². The maximum Gasteiger partial charge on any atom is 0.251 e. The second-order valence-corrected chi connectivity index (χ2v) is 8.81. The minimum atomic E-state index is -0.00486. The van der Waals surface area contributed by atoms with E-state index in [1.165, 1.54) is 16.9 Å². The van der Waals surface area contributed by atoms with Crippen molar-refractivity contribution in [3.63, 3.8) is 0 Å². The highest BCUT2D eigenvalue weighted by molar-refractivity contribution is 7.99. The van der Waals surface area contributed by atoms with E-state index < -0.39 is 0 Å². The minimum Gasteiger partial charge on any atom is -0.350 e. The fourth-order valence-electron chi connectivity index (χ4n) is 4.23. The van der Waals surface area contributed by atoms with E-state index in [0.717, 1.165) is 48.6 Å². The molecule has 4 nitrogen and oxygen atoms in total. The van der Waals surface area contributed by atoms with Gasteiger partial charge in [-0.1, -0.05) is 50.2 Å². The summed E-state index contributed by atoms with van der Waals surface area (Å²) in [5, 5.41) is 3.15. The molecule has 0 aromatic heterocycles. The highest BCUT2D eigenvalue weighted by Crippen LogP contribution is 2.41. The Kier molecular flexibility index (Phi) is 6.36. The number of nitrogens with one attached hydrogen (secondary N) is 1. The maximum atomic E-state index is 12.8. The fourth-order valence-corrected chi connectivity index (χ4v) is 5.26. The smallest absolute Gasteiger partial charge is 0.251 e. The van der Waals surface area contributed by atoms with Gasteiger partial charge in [-0.05, 0) is 56.6 Å². The monoisotopic (exact) mass is 407 g/mol. The predicted octanol–water partition coefficient (Wildman–Crippen LogP) is 5.29. The first-order valence-electron chi connectivity index (χ1n) is 10.7. The van der Waals surface area contributed by atoms with Gasteiger partial charge in [0.15, 0.2) is 0 Å². The Labute approximate surface area is 177 Å². The Morgan fingerprint density at radius 1 is 1.21 bits per heavy atom. The van der Waals surface area contributed by atoms with Gasteiger partial charge < -0.3 is 5.32 Å². The van der Waals surface area contributed by atoms with E-state index in [2.05, 4.69) is 48.3 Å². The van der Waals surface area contributed by atoms with Gasteiger partial charge in [-0.3, -0.25) is 14.7 Å². The highest BCUT2D eigenvalue weighted by Gasteiger charge is 2.24. The molecule has 2 aliphatic rings. The van der Waals surface area contributed by atoms with Crippen LogP contribution in [-0.2, 0) is 0 Å². The van der Waals surface area contributed by atoms with Crippen LogP contribution < -0.4 is 5.32 Å². The van der Waals surface area contributed by atoms with Crippen molar-refractivity contribution in [1.82, 2.24) is 10.2 Å². The van der Waals surface area contributed by atoms with Gasteiger partial charge >= 0.3 is 0 Å². The average molecular weight is 408 g/mol. The number of aliphatic imine (C=N–C) groups is 1. The highest BCUT2D eigenvalue weighted by atomic mass is 32.2. The molecule has 0 radical (unpaired) electrons. The Morgan fingerprint density at radius 2 is 2.07 bits per heavy atom. The van der Waals surface area contributed by atoms with E-state index in [4.69, 9.17) is 4.99 Å². The number of rotatable bonds is 6. The minimum absolute atomic E-state index is 0.00486. The lowest BCUT2D eigenvalue weighted by Crippen LogP contribution is -2.40. The molecule has 2 aromatic rings. The zero-order valence-corrected chi connectivity index (χ0v) is 18.1. The van der Waals surface area contributed by atoms with E-state index in [1.807, 2.05) is 18.2 Å². The van der Waals surface area contributed by atoms with E-state index >= 15 is 0 Å². The molecule has 1 unspecified atom stereocenters. The first-order valence-corrected chi connectivity index (χ1v) is 11.5. The van der Waals surface area contributed by atoms with Crippen LogP contribution in [0, 0.1) is 0 Å². The Morgan fingerprint density at radius 3 is 2.90 bits per heavy atom. The molecule has 4 rings (SSSR count). The Bertz CT molecular complexity index is 924. The molecule has 2 aliphatic heterocycles. The molecular weight excluding hydrogens is 378 g/mol. The largest absolute Gasteiger partial charge is 0.350 e. The summed E-state index contributed by atoms with van der Waals surface area (Å²) in [5.41, 5.74) is 3.91. The number of carbonyl (C=O) groups is 1. The van der Waals surface area contributed by atoms with Crippen molar-refractivity contribution in [1.29, 1.82) is 0 Å². The van der Waals surface area contributed by atoms with Crippen molar-refractivity contribution in [3.8, 4) is 0 Å². The van der Waals surface area contributed by atoms with Crippen LogP contribution in [0.5, 0.6) is 0 Å².